The monoisotopic (exact) mass is 300 g/mol. The van der Waals surface area contributed by atoms with Crippen LogP contribution < -0.4 is 15.9 Å². The number of benzene rings is 1. The number of hydrogen-bond acceptors (Lipinski definition) is 4. The first-order valence-corrected chi connectivity index (χ1v) is 7.03. The Hall–Kier alpha value is -2.83. The van der Waals surface area contributed by atoms with Crippen molar-refractivity contribution in [2.75, 3.05) is 5.43 Å². The van der Waals surface area contributed by atoms with E-state index >= 15 is 0 Å². The van der Waals surface area contributed by atoms with E-state index in [1.54, 1.807) is 25.1 Å². The van der Waals surface area contributed by atoms with Gasteiger partial charge in [0.15, 0.2) is 17.2 Å². The maximum Gasteiger partial charge on any atom is 0.274 e. The molecule has 1 aromatic heterocycles. The van der Waals surface area contributed by atoms with Crippen LogP contribution in [-0.2, 0) is 6.42 Å². The molecule has 22 heavy (non-hydrogen) atoms. The van der Waals surface area contributed by atoms with Gasteiger partial charge in [-0.2, -0.15) is 0 Å². The molecule has 1 aliphatic rings. The number of para-hydroxylation sites is 1. The van der Waals surface area contributed by atoms with Crippen LogP contribution in [0.3, 0.4) is 0 Å². The van der Waals surface area contributed by atoms with Gasteiger partial charge < -0.3 is 10.5 Å². The van der Waals surface area contributed by atoms with Crippen LogP contribution in [-0.4, -0.2) is 21.5 Å². The fraction of sp³-hybridized carbons (Fsp3) is 0.267. The fourth-order valence-electron chi connectivity index (χ4n) is 2.42. The Balaban J connectivity index is 1.96. The van der Waals surface area contributed by atoms with Gasteiger partial charge in [0.2, 0.25) is 0 Å². The molecule has 0 aliphatic carbocycles. The molecule has 2 heterocycles. The maximum absolute atomic E-state index is 12.4. The lowest BCUT2D eigenvalue weighted by Gasteiger charge is -2.11. The molecule has 114 valence electrons. The molecule has 0 radical (unpaired) electrons. The molecule has 0 spiro atoms. The summed E-state index contributed by atoms with van der Waals surface area (Å²) in [5, 5.41) is 0. The van der Waals surface area contributed by atoms with Gasteiger partial charge in [0, 0.05) is 6.42 Å². The van der Waals surface area contributed by atoms with E-state index in [9.17, 15) is 9.59 Å². The number of nitrogens with two attached hydrogens (primary N) is 1. The Morgan fingerprint density at radius 2 is 2.18 bits per heavy atom. The zero-order chi connectivity index (χ0) is 15.9. The van der Waals surface area contributed by atoms with E-state index in [-0.39, 0.29) is 11.6 Å². The topological polar surface area (TPSA) is 103 Å². The molecule has 1 aliphatic heterocycles. The van der Waals surface area contributed by atoms with Crippen molar-refractivity contribution in [2.45, 2.75) is 26.7 Å². The average Bonchev–Trinajstić information content (AvgIpc) is 3.18. The van der Waals surface area contributed by atoms with Crippen molar-refractivity contribution in [3.63, 3.8) is 0 Å². The number of carbonyl (C=O) groups excluding carboxylic acids is 2. The first-order valence-electron chi connectivity index (χ1n) is 7.03. The number of nitrogens with one attached hydrogen (secondary N) is 1. The lowest BCUT2D eigenvalue weighted by Crippen LogP contribution is -2.30. The molecule has 7 nitrogen and oxygen atoms in total. The van der Waals surface area contributed by atoms with Gasteiger partial charge >= 0.3 is 0 Å². The van der Waals surface area contributed by atoms with Gasteiger partial charge in [0.05, 0.1) is 11.3 Å². The Morgan fingerprint density at radius 1 is 1.41 bits per heavy atom. The highest BCUT2D eigenvalue weighted by atomic mass is 16.6. The van der Waals surface area contributed by atoms with E-state index in [2.05, 4.69) is 10.4 Å². The third-order valence-corrected chi connectivity index (χ3v) is 3.44. The van der Waals surface area contributed by atoms with Gasteiger partial charge in [0.25, 0.3) is 11.8 Å². The number of imidazole rings is 1. The van der Waals surface area contributed by atoms with Crippen molar-refractivity contribution in [3.05, 3.63) is 41.0 Å². The third kappa shape index (κ3) is 2.30. The second-order valence-corrected chi connectivity index (χ2v) is 5.09. The predicted octanol–water partition coefficient (Wildman–Crippen LogP) is 1.73. The summed E-state index contributed by atoms with van der Waals surface area (Å²) in [6.07, 6.45) is 1.45. The minimum atomic E-state index is -0.632. The number of fused-ring (bicyclic) bond motifs is 1. The minimum Gasteiger partial charge on any atom is -0.449 e. The number of nitrogens with zero attached hydrogens (tertiary/aromatic N) is 2. The number of primary amides is 1. The van der Waals surface area contributed by atoms with Crippen LogP contribution in [0.5, 0.6) is 11.5 Å². The van der Waals surface area contributed by atoms with E-state index < -0.39 is 5.91 Å². The van der Waals surface area contributed by atoms with E-state index in [1.165, 1.54) is 4.68 Å². The first kappa shape index (κ1) is 14.1. The highest BCUT2D eigenvalue weighted by Gasteiger charge is 2.29. The molecule has 2 aromatic rings. The molecule has 1 aromatic carbocycles. The summed E-state index contributed by atoms with van der Waals surface area (Å²) in [6.45, 7) is 3.68. The molecule has 0 fully saturated rings. The van der Waals surface area contributed by atoms with Crippen LogP contribution in [0.25, 0.3) is 0 Å². The number of aryl methyl sites for hydroxylation is 2. The van der Waals surface area contributed by atoms with E-state index in [1.807, 2.05) is 6.92 Å². The summed E-state index contributed by atoms with van der Waals surface area (Å²) >= 11 is 0. The van der Waals surface area contributed by atoms with Gasteiger partial charge in [-0.1, -0.05) is 13.0 Å². The second-order valence-electron chi connectivity index (χ2n) is 5.09. The zero-order valence-electron chi connectivity index (χ0n) is 12.3. The minimum absolute atomic E-state index is 0.190. The Bertz CT molecular complexity index is 779. The first-order chi connectivity index (χ1) is 10.5. The van der Waals surface area contributed by atoms with Gasteiger partial charge in [-0.3, -0.25) is 15.0 Å². The lowest BCUT2D eigenvalue weighted by atomic mass is 10.2. The number of aromatic nitrogens is 2. The van der Waals surface area contributed by atoms with E-state index in [0.717, 1.165) is 6.42 Å². The van der Waals surface area contributed by atoms with Crippen LogP contribution in [0.4, 0.5) is 0 Å². The van der Waals surface area contributed by atoms with Crippen LogP contribution in [0.2, 0.25) is 0 Å². The quantitative estimate of drug-likeness (QED) is 0.700. The highest BCUT2D eigenvalue weighted by molar-refractivity contribution is 6.05. The Labute approximate surface area is 127 Å². The molecule has 0 saturated heterocycles. The average molecular weight is 300 g/mol. The normalized spacial score (nSPS) is 11.5. The van der Waals surface area contributed by atoms with Crippen molar-refractivity contribution < 1.29 is 14.3 Å². The van der Waals surface area contributed by atoms with Crippen molar-refractivity contribution >= 4 is 11.8 Å². The molecule has 0 bridgehead atoms. The van der Waals surface area contributed by atoms with Gasteiger partial charge in [-0.15, -0.1) is 0 Å². The van der Waals surface area contributed by atoms with Gasteiger partial charge in [-0.25, -0.2) is 9.66 Å². The van der Waals surface area contributed by atoms with Crippen molar-refractivity contribution in [2.24, 2.45) is 5.73 Å². The zero-order valence-corrected chi connectivity index (χ0v) is 12.3. The number of hydrogen-bond donors (Lipinski definition) is 2. The van der Waals surface area contributed by atoms with E-state index in [0.29, 0.717) is 35.0 Å². The Morgan fingerprint density at radius 3 is 2.86 bits per heavy atom. The molecular weight excluding hydrogens is 284 g/mol. The summed E-state index contributed by atoms with van der Waals surface area (Å²) in [4.78, 5) is 28.4. The third-order valence-electron chi connectivity index (χ3n) is 3.44. The number of rotatable bonds is 5. The Kier molecular flexibility index (Phi) is 3.32. The molecule has 3 rings (SSSR count). The highest BCUT2D eigenvalue weighted by Crippen LogP contribution is 2.47. The number of carbonyl (C=O) groups is 2. The summed E-state index contributed by atoms with van der Waals surface area (Å²) in [5.41, 5.74) is 9.20. The van der Waals surface area contributed by atoms with Gasteiger partial charge in [-0.05, 0) is 25.5 Å². The van der Waals surface area contributed by atoms with Crippen molar-refractivity contribution in [1.29, 1.82) is 0 Å². The largest absolute Gasteiger partial charge is 0.449 e. The molecule has 2 amide bonds. The van der Waals surface area contributed by atoms with Crippen LogP contribution in [0.15, 0.2) is 18.2 Å². The van der Waals surface area contributed by atoms with Crippen LogP contribution >= 0.6 is 0 Å². The summed E-state index contributed by atoms with van der Waals surface area (Å²) in [7, 11) is 0. The standard InChI is InChI=1S/C15H16N4O3/c1-3-5-11-17-8(2)12(14(16)20)19(11)18-15(21)9-6-4-7-10-13(9)22-10/h4,6-7H,3,5H2,1-2H3,(H2,16,20)(H,18,21). The van der Waals surface area contributed by atoms with Gasteiger partial charge in [0.1, 0.15) is 5.82 Å². The summed E-state index contributed by atoms with van der Waals surface area (Å²) in [6, 6.07) is 5.18. The second kappa shape index (κ2) is 5.18. The maximum atomic E-state index is 12.4. The van der Waals surface area contributed by atoms with Crippen molar-refractivity contribution in [1.82, 2.24) is 9.66 Å². The van der Waals surface area contributed by atoms with Crippen LogP contribution in [0, 0.1) is 6.92 Å². The lowest BCUT2D eigenvalue weighted by molar-refractivity contribution is 0.0987. The number of amides is 2. The number of ether oxygens (including phenoxy) is 1. The predicted molar refractivity (Wildman–Crippen MR) is 79.7 cm³/mol. The van der Waals surface area contributed by atoms with E-state index in [4.69, 9.17) is 10.5 Å². The van der Waals surface area contributed by atoms with Crippen molar-refractivity contribution in [3.8, 4) is 11.5 Å². The molecule has 3 N–H and O–H groups in total. The summed E-state index contributed by atoms with van der Waals surface area (Å²) < 4.78 is 6.59. The fourth-order valence-corrected chi connectivity index (χ4v) is 2.42. The SMILES string of the molecule is CCCc1nc(C)c(C(N)=O)n1NC(=O)c1cccc2c1O2. The molecular formula is C15H16N4O3. The smallest absolute Gasteiger partial charge is 0.274 e. The molecule has 0 unspecified atom stereocenters. The molecule has 7 heteroatoms. The van der Waals surface area contributed by atoms with Crippen LogP contribution in [0.1, 0.15) is 45.7 Å². The summed E-state index contributed by atoms with van der Waals surface area (Å²) in [5.74, 6) is 0.854. The molecule has 0 saturated carbocycles. The molecule has 0 atom stereocenters.